The van der Waals surface area contributed by atoms with Gasteiger partial charge in [-0.05, 0) is 54.1 Å². The maximum atomic E-state index is 12.9. The first kappa shape index (κ1) is 22.3. The summed E-state index contributed by atoms with van der Waals surface area (Å²) in [6.07, 6.45) is 1.36. The number of ether oxygens (including phenoxy) is 1. The molecule has 2 amide bonds. The van der Waals surface area contributed by atoms with Crippen molar-refractivity contribution in [1.82, 2.24) is 5.43 Å². The number of hydrogen-bond donors (Lipinski definition) is 2. The Bertz CT molecular complexity index is 1100. The molecule has 0 aliphatic carbocycles. The molecule has 3 aromatic rings. The lowest BCUT2D eigenvalue weighted by molar-refractivity contribution is -0.136. The van der Waals surface area contributed by atoms with Crippen LogP contribution in [0.3, 0.4) is 0 Å². The van der Waals surface area contributed by atoms with Gasteiger partial charge in [-0.1, -0.05) is 41.4 Å². The van der Waals surface area contributed by atoms with Gasteiger partial charge < -0.3 is 10.1 Å². The first-order valence-corrected chi connectivity index (χ1v) is 9.73. The van der Waals surface area contributed by atoms with Crippen LogP contribution in [0.5, 0.6) is 5.75 Å². The van der Waals surface area contributed by atoms with Crippen LogP contribution in [0.15, 0.2) is 71.8 Å². The highest BCUT2D eigenvalue weighted by Gasteiger charge is 2.12. The van der Waals surface area contributed by atoms with Crippen molar-refractivity contribution in [3.8, 4) is 5.75 Å². The van der Waals surface area contributed by atoms with Crippen molar-refractivity contribution in [1.29, 1.82) is 0 Å². The number of nitrogens with zero attached hydrogens (tertiary/aromatic N) is 1. The summed E-state index contributed by atoms with van der Waals surface area (Å²) in [5.41, 5.74) is 3.71. The van der Waals surface area contributed by atoms with Gasteiger partial charge in [-0.2, -0.15) is 5.10 Å². The van der Waals surface area contributed by atoms with E-state index in [1.165, 1.54) is 30.5 Å². The molecule has 0 heterocycles. The second kappa shape index (κ2) is 10.6. The molecule has 0 fully saturated rings. The largest absolute Gasteiger partial charge is 0.489 e. The van der Waals surface area contributed by atoms with Crippen LogP contribution < -0.4 is 15.5 Å². The second-order valence-electron chi connectivity index (χ2n) is 6.22. The molecule has 0 aliphatic heterocycles. The molecule has 0 radical (unpaired) electrons. The number of carbonyl (C=O) groups excluding carboxylic acids is 2. The summed E-state index contributed by atoms with van der Waals surface area (Å²) in [7, 11) is 0. The molecule has 0 aliphatic rings. The van der Waals surface area contributed by atoms with Gasteiger partial charge in [0.05, 0.1) is 6.21 Å². The van der Waals surface area contributed by atoms with Gasteiger partial charge >= 0.3 is 11.8 Å². The zero-order chi connectivity index (χ0) is 22.2. The van der Waals surface area contributed by atoms with E-state index in [0.717, 1.165) is 0 Å². The van der Waals surface area contributed by atoms with E-state index in [-0.39, 0.29) is 12.3 Å². The molecule has 0 spiro atoms. The highest BCUT2D eigenvalue weighted by Crippen LogP contribution is 2.26. The quantitative estimate of drug-likeness (QED) is 0.315. The topological polar surface area (TPSA) is 79.8 Å². The van der Waals surface area contributed by atoms with Crippen molar-refractivity contribution in [2.45, 2.75) is 6.61 Å². The minimum absolute atomic E-state index is 0.180. The summed E-state index contributed by atoms with van der Waals surface area (Å²) in [6, 6.07) is 17.1. The molecule has 6 nitrogen and oxygen atoms in total. The average Bonchev–Trinajstić information content (AvgIpc) is 2.75. The highest BCUT2D eigenvalue weighted by atomic mass is 35.5. The Morgan fingerprint density at radius 2 is 1.65 bits per heavy atom. The van der Waals surface area contributed by atoms with E-state index in [9.17, 15) is 14.0 Å². The van der Waals surface area contributed by atoms with E-state index in [4.69, 9.17) is 27.9 Å². The van der Waals surface area contributed by atoms with Crippen molar-refractivity contribution in [2.75, 3.05) is 5.32 Å². The van der Waals surface area contributed by atoms with E-state index >= 15 is 0 Å². The monoisotopic (exact) mass is 459 g/mol. The summed E-state index contributed by atoms with van der Waals surface area (Å²) in [5.74, 6) is -1.81. The summed E-state index contributed by atoms with van der Waals surface area (Å²) in [5, 5.41) is 7.11. The third-order valence-corrected chi connectivity index (χ3v) is 4.70. The van der Waals surface area contributed by atoms with E-state index in [1.54, 1.807) is 42.5 Å². The molecule has 3 aromatic carbocycles. The van der Waals surface area contributed by atoms with Crippen molar-refractivity contribution < 1.29 is 18.7 Å². The van der Waals surface area contributed by atoms with Crippen LogP contribution in [0.4, 0.5) is 10.1 Å². The second-order valence-corrected chi connectivity index (χ2v) is 7.04. The number of hydrogen-bond acceptors (Lipinski definition) is 4. The smallest absolute Gasteiger partial charge is 0.329 e. The first-order chi connectivity index (χ1) is 14.9. The van der Waals surface area contributed by atoms with Gasteiger partial charge in [0.25, 0.3) is 0 Å². The number of halogens is 3. The molecule has 0 atom stereocenters. The number of benzene rings is 3. The SMILES string of the molecule is O=C(N/N=C\c1cccc(OCc2c(Cl)cccc2Cl)c1)C(=O)Nc1ccc(F)cc1. The number of rotatable bonds is 6. The number of anilines is 1. The molecule has 0 bridgehead atoms. The molecule has 31 heavy (non-hydrogen) atoms. The van der Waals surface area contributed by atoms with Crippen LogP contribution in [0.2, 0.25) is 10.0 Å². The Kier molecular flexibility index (Phi) is 7.59. The zero-order valence-electron chi connectivity index (χ0n) is 15.9. The van der Waals surface area contributed by atoms with Crippen molar-refractivity contribution >= 4 is 46.9 Å². The zero-order valence-corrected chi connectivity index (χ0v) is 17.5. The Balaban J connectivity index is 1.54. The molecule has 0 saturated carbocycles. The molecule has 3 rings (SSSR count). The first-order valence-electron chi connectivity index (χ1n) is 8.98. The maximum Gasteiger partial charge on any atom is 0.329 e. The summed E-state index contributed by atoms with van der Waals surface area (Å²) >= 11 is 12.3. The fourth-order valence-corrected chi connectivity index (χ4v) is 2.95. The lowest BCUT2D eigenvalue weighted by atomic mass is 10.2. The minimum Gasteiger partial charge on any atom is -0.489 e. The molecule has 158 valence electrons. The van der Waals surface area contributed by atoms with Gasteiger partial charge in [-0.15, -0.1) is 0 Å². The molecule has 0 saturated heterocycles. The Morgan fingerprint density at radius 1 is 0.968 bits per heavy atom. The van der Waals surface area contributed by atoms with Crippen LogP contribution in [0.25, 0.3) is 0 Å². The standard InChI is InChI=1S/C22H16Cl2FN3O3/c23-19-5-2-6-20(24)18(19)13-31-17-4-1-3-14(11-17)12-26-28-22(30)21(29)27-16-9-7-15(25)8-10-16/h1-12H,13H2,(H,27,29)(H,28,30)/b26-12-. The van der Waals surface area contributed by atoms with Gasteiger partial charge in [0.1, 0.15) is 18.2 Å². The maximum absolute atomic E-state index is 12.9. The molecule has 0 aromatic heterocycles. The van der Waals surface area contributed by atoms with E-state index in [2.05, 4.69) is 15.8 Å². The van der Waals surface area contributed by atoms with Gasteiger partial charge in [0, 0.05) is 21.3 Å². The van der Waals surface area contributed by atoms with Crippen molar-refractivity contribution in [2.24, 2.45) is 5.10 Å². The lowest BCUT2D eigenvalue weighted by Crippen LogP contribution is -2.32. The fraction of sp³-hybridized carbons (Fsp3) is 0.0455. The van der Waals surface area contributed by atoms with Gasteiger partial charge in [0.2, 0.25) is 0 Å². The van der Waals surface area contributed by atoms with Crippen molar-refractivity contribution in [3.05, 3.63) is 93.7 Å². The number of hydrazone groups is 1. The number of nitrogens with one attached hydrogen (secondary N) is 2. The Labute approximate surface area is 187 Å². The van der Waals surface area contributed by atoms with Crippen LogP contribution >= 0.6 is 23.2 Å². The van der Waals surface area contributed by atoms with Crippen molar-refractivity contribution in [3.63, 3.8) is 0 Å². The molecule has 2 N–H and O–H groups in total. The normalized spacial score (nSPS) is 10.7. The summed E-state index contributed by atoms with van der Waals surface area (Å²) < 4.78 is 18.6. The van der Waals surface area contributed by atoms with Crippen LogP contribution in [0, 0.1) is 5.82 Å². The third kappa shape index (κ3) is 6.53. The minimum atomic E-state index is -0.971. The van der Waals surface area contributed by atoms with E-state index < -0.39 is 17.6 Å². The van der Waals surface area contributed by atoms with Gasteiger partial charge in [-0.25, -0.2) is 9.82 Å². The number of carbonyl (C=O) groups is 2. The average molecular weight is 460 g/mol. The Hall–Kier alpha value is -3.42. The molecule has 0 unspecified atom stereocenters. The lowest BCUT2D eigenvalue weighted by Gasteiger charge is -2.09. The predicted molar refractivity (Wildman–Crippen MR) is 118 cm³/mol. The third-order valence-electron chi connectivity index (χ3n) is 3.99. The van der Waals surface area contributed by atoms with Gasteiger partial charge in [0.15, 0.2) is 0 Å². The summed E-state index contributed by atoms with van der Waals surface area (Å²) in [6.45, 7) is 0.180. The van der Waals surface area contributed by atoms with E-state index in [1.807, 2.05) is 0 Å². The fourth-order valence-electron chi connectivity index (χ4n) is 2.45. The summed E-state index contributed by atoms with van der Waals surface area (Å²) in [4.78, 5) is 23.7. The van der Waals surface area contributed by atoms with E-state index in [0.29, 0.717) is 26.9 Å². The molecular weight excluding hydrogens is 444 g/mol. The molecular formula is C22H16Cl2FN3O3. The van der Waals surface area contributed by atoms with Gasteiger partial charge in [-0.3, -0.25) is 9.59 Å². The Morgan fingerprint density at radius 3 is 2.35 bits per heavy atom. The number of amides is 2. The van der Waals surface area contributed by atoms with Crippen LogP contribution in [-0.4, -0.2) is 18.0 Å². The predicted octanol–water partition coefficient (Wildman–Crippen LogP) is 4.80. The van der Waals surface area contributed by atoms with Crippen LogP contribution in [-0.2, 0) is 16.2 Å². The molecule has 9 heteroatoms. The highest BCUT2D eigenvalue weighted by molar-refractivity contribution is 6.39. The van der Waals surface area contributed by atoms with Crippen LogP contribution in [0.1, 0.15) is 11.1 Å².